The first-order valence-electron chi connectivity index (χ1n) is 5.53. The van der Waals surface area contributed by atoms with Crippen LogP contribution in [0.4, 0.5) is 5.69 Å². The largest absolute Gasteiger partial charge is 0.399 e. The highest BCUT2D eigenvalue weighted by Gasteiger charge is 2.00. The van der Waals surface area contributed by atoms with Gasteiger partial charge in [-0.25, -0.2) is 4.98 Å². The molecule has 0 aliphatic rings. The Balaban J connectivity index is 2.07. The quantitative estimate of drug-likeness (QED) is 0.676. The monoisotopic (exact) mass is 255 g/mol. The second-order valence-electron chi connectivity index (χ2n) is 3.97. The van der Waals surface area contributed by atoms with Gasteiger partial charge >= 0.3 is 0 Å². The lowest BCUT2D eigenvalue weighted by atomic mass is 10.2. The van der Waals surface area contributed by atoms with Gasteiger partial charge in [0.25, 0.3) is 0 Å². The number of nitrogen functional groups attached to an aromatic ring is 1. The first-order chi connectivity index (χ1) is 8.69. The number of thioether (sulfide) groups is 1. The fraction of sp³-hybridized carbons (Fsp3) is 0.143. The summed E-state index contributed by atoms with van der Waals surface area (Å²) in [4.78, 5) is 5.13. The Morgan fingerprint density at radius 1 is 1.33 bits per heavy atom. The van der Waals surface area contributed by atoms with E-state index in [-0.39, 0.29) is 0 Å². The molecule has 1 heterocycles. The Labute approximate surface area is 111 Å². The van der Waals surface area contributed by atoms with Gasteiger partial charge in [0, 0.05) is 22.5 Å². The van der Waals surface area contributed by atoms with E-state index in [9.17, 15) is 0 Å². The third-order valence-corrected chi connectivity index (χ3v) is 3.65. The Morgan fingerprint density at radius 3 is 2.89 bits per heavy atom. The summed E-state index contributed by atoms with van der Waals surface area (Å²) in [5.41, 5.74) is 9.24. The topological polar surface area (TPSA) is 62.7 Å². The molecule has 2 aromatic rings. The van der Waals surface area contributed by atoms with E-state index >= 15 is 0 Å². The standard InChI is InChI=1S/C14H13N3S/c1-10-6-13(2-3-14(10)16)18-9-11-4-5-17-12(7-11)8-15/h2-7H,9,16H2,1H3. The predicted molar refractivity (Wildman–Crippen MR) is 74.1 cm³/mol. The van der Waals surface area contributed by atoms with E-state index in [1.54, 1.807) is 18.0 Å². The molecular weight excluding hydrogens is 242 g/mol. The number of anilines is 1. The second-order valence-corrected chi connectivity index (χ2v) is 5.02. The summed E-state index contributed by atoms with van der Waals surface area (Å²) >= 11 is 1.72. The number of hydrogen-bond donors (Lipinski definition) is 1. The molecule has 3 nitrogen and oxygen atoms in total. The maximum absolute atomic E-state index is 8.78. The number of nitrogens with zero attached hydrogens (tertiary/aromatic N) is 2. The highest BCUT2D eigenvalue weighted by atomic mass is 32.2. The van der Waals surface area contributed by atoms with E-state index in [1.807, 2.05) is 37.3 Å². The van der Waals surface area contributed by atoms with Crippen molar-refractivity contribution < 1.29 is 0 Å². The zero-order valence-electron chi connectivity index (χ0n) is 10.1. The van der Waals surface area contributed by atoms with Crippen molar-refractivity contribution in [3.63, 3.8) is 0 Å². The van der Waals surface area contributed by atoms with Crippen LogP contribution in [0.15, 0.2) is 41.4 Å². The van der Waals surface area contributed by atoms with Gasteiger partial charge in [0.2, 0.25) is 0 Å². The highest BCUT2D eigenvalue weighted by molar-refractivity contribution is 7.98. The van der Waals surface area contributed by atoms with Crippen molar-refractivity contribution in [2.24, 2.45) is 0 Å². The van der Waals surface area contributed by atoms with Gasteiger partial charge in [0.1, 0.15) is 11.8 Å². The minimum atomic E-state index is 0.460. The normalized spacial score (nSPS) is 10.0. The molecule has 0 unspecified atom stereocenters. The molecule has 0 fully saturated rings. The zero-order valence-corrected chi connectivity index (χ0v) is 10.9. The summed E-state index contributed by atoms with van der Waals surface area (Å²) in [5, 5.41) is 8.78. The molecule has 1 aromatic carbocycles. The van der Waals surface area contributed by atoms with Gasteiger partial charge in [0.05, 0.1) is 0 Å². The first kappa shape index (κ1) is 12.5. The smallest absolute Gasteiger partial charge is 0.140 e. The Hall–Kier alpha value is -1.99. The lowest BCUT2D eigenvalue weighted by molar-refractivity contribution is 1.22. The molecule has 0 saturated carbocycles. The van der Waals surface area contributed by atoms with Crippen LogP contribution in [-0.4, -0.2) is 4.98 Å². The van der Waals surface area contributed by atoms with E-state index in [1.165, 1.54) is 4.90 Å². The van der Waals surface area contributed by atoms with E-state index in [4.69, 9.17) is 11.0 Å². The van der Waals surface area contributed by atoms with Gasteiger partial charge in [-0.3, -0.25) is 0 Å². The number of pyridine rings is 1. The average molecular weight is 255 g/mol. The molecule has 0 bridgehead atoms. The molecule has 4 heteroatoms. The van der Waals surface area contributed by atoms with Crippen LogP contribution in [0.1, 0.15) is 16.8 Å². The number of hydrogen-bond acceptors (Lipinski definition) is 4. The van der Waals surface area contributed by atoms with Gasteiger partial charge in [0.15, 0.2) is 0 Å². The van der Waals surface area contributed by atoms with Gasteiger partial charge in [-0.15, -0.1) is 11.8 Å². The average Bonchev–Trinajstić information content (AvgIpc) is 2.40. The van der Waals surface area contributed by atoms with Gasteiger partial charge in [-0.1, -0.05) is 0 Å². The van der Waals surface area contributed by atoms with Crippen molar-refractivity contribution in [3.05, 3.63) is 53.3 Å². The van der Waals surface area contributed by atoms with Gasteiger partial charge in [-0.2, -0.15) is 5.26 Å². The summed E-state index contributed by atoms with van der Waals surface area (Å²) < 4.78 is 0. The molecule has 0 radical (unpaired) electrons. The fourth-order valence-electron chi connectivity index (χ4n) is 1.53. The number of aromatic nitrogens is 1. The fourth-order valence-corrected chi connectivity index (χ4v) is 2.47. The predicted octanol–water partition coefficient (Wildman–Crippen LogP) is 3.14. The lowest BCUT2D eigenvalue weighted by Gasteiger charge is -2.05. The maximum Gasteiger partial charge on any atom is 0.140 e. The van der Waals surface area contributed by atoms with Crippen molar-refractivity contribution in [1.29, 1.82) is 5.26 Å². The van der Waals surface area contributed by atoms with E-state index in [2.05, 4.69) is 11.1 Å². The molecule has 0 amide bonds. The Morgan fingerprint density at radius 2 is 2.17 bits per heavy atom. The second kappa shape index (κ2) is 5.56. The van der Waals surface area contributed by atoms with Crippen LogP contribution in [0.2, 0.25) is 0 Å². The summed E-state index contributed by atoms with van der Waals surface area (Å²) in [5.74, 6) is 0.820. The number of rotatable bonds is 3. The van der Waals surface area contributed by atoms with Crippen LogP contribution < -0.4 is 5.73 Å². The molecule has 18 heavy (non-hydrogen) atoms. The van der Waals surface area contributed by atoms with E-state index in [0.29, 0.717) is 5.69 Å². The highest BCUT2D eigenvalue weighted by Crippen LogP contribution is 2.25. The van der Waals surface area contributed by atoms with E-state index in [0.717, 1.165) is 22.6 Å². The van der Waals surface area contributed by atoms with Crippen LogP contribution in [0.5, 0.6) is 0 Å². The summed E-state index contributed by atoms with van der Waals surface area (Å²) in [6.07, 6.45) is 1.67. The molecule has 0 aliphatic heterocycles. The first-order valence-corrected chi connectivity index (χ1v) is 6.51. The van der Waals surface area contributed by atoms with Crippen LogP contribution in [-0.2, 0) is 5.75 Å². The molecule has 0 aliphatic carbocycles. The number of aryl methyl sites for hydroxylation is 1. The Kier molecular flexibility index (Phi) is 3.85. The molecule has 0 saturated heterocycles. The summed E-state index contributed by atoms with van der Waals surface area (Å²) in [6.45, 7) is 2.00. The SMILES string of the molecule is Cc1cc(SCc2ccnc(C#N)c2)ccc1N. The summed E-state index contributed by atoms with van der Waals surface area (Å²) in [6, 6.07) is 11.8. The van der Waals surface area contributed by atoms with Crippen molar-refractivity contribution >= 4 is 17.4 Å². The van der Waals surface area contributed by atoms with Crippen LogP contribution in [0, 0.1) is 18.3 Å². The molecule has 2 rings (SSSR count). The third kappa shape index (κ3) is 3.02. The third-order valence-electron chi connectivity index (χ3n) is 2.59. The molecule has 2 N–H and O–H groups in total. The number of nitriles is 1. The number of benzene rings is 1. The lowest BCUT2D eigenvalue weighted by Crippen LogP contribution is -1.89. The van der Waals surface area contributed by atoms with Crippen molar-refractivity contribution in [3.8, 4) is 6.07 Å². The molecule has 1 aromatic heterocycles. The number of nitrogens with two attached hydrogens (primary N) is 1. The minimum Gasteiger partial charge on any atom is -0.399 e. The van der Waals surface area contributed by atoms with Crippen molar-refractivity contribution in [2.45, 2.75) is 17.6 Å². The summed E-state index contributed by atoms with van der Waals surface area (Å²) in [7, 11) is 0. The molecular formula is C14H13N3S. The Bertz CT molecular complexity index is 602. The van der Waals surface area contributed by atoms with E-state index < -0.39 is 0 Å². The van der Waals surface area contributed by atoms with Crippen molar-refractivity contribution in [2.75, 3.05) is 5.73 Å². The maximum atomic E-state index is 8.78. The molecule has 0 spiro atoms. The van der Waals surface area contributed by atoms with Crippen LogP contribution in [0.25, 0.3) is 0 Å². The van der Waals surface area contributed by atoms with Gasteiger partial charge in [-0.05, 0) is 48.4 Å². The zero-order chi connectivity index (χ0) is 13.0. The van der Waals surface area contributed by atoms with Crippen molar-refractivity contribution in [1.82, 2.24) is 4.98 Å². The minimum absolute atomic E-state index is 0.460. The molecule has 90 valence electrons. The van der Waals surface area contributed by atoms with Crippen LogP contribution in [0.3, 0.4) is 0 Å². The van der Waals surface area contributed by atoms with Crippen LogP contribution >= 0.6 is 11.8 Å². The molecule has 0 atom stereocenters. The van der Waals surface area contributed by atoms with Gasteiger partial charge < -0.3 is 5.73 Å².